The molecular weight excluding hydrogens is 390 g/mol. The minimum absolute atomic E-state index is 0.205. The topological polar surface area (TPSA) is 171 Å². The Morgan fingerprint density at radius 2 is 1.96 bits per heavy atom. The second kappa shape index (κ2) is 10.3. The van der Waals surface area contributed by atoms with Crippen molar-refractivity contribution in [2.45, 2.75) is 50.6 Å². The molecular formula is C12H28N4O8P2. The first-order chi connectivity index (χ1) is 12.1. The summed E-state index contributed by atoms with van der Waals surface area (Å²) in [4.78, 5) is 58.9. The summed E-state index contributed by atoms with van der Waals surface area (Å²) in [5.41, 5.74) is 4.14. The number of hydrogen-bond acceptors (Lipinski definition) is 11. The summed E-state index contributed by atoms with van der Waals surface area (Å²) in [5.74, 6) is 0. The average molecular weight is 418 g/mol. The predicted octanol–water partition coefficient (Wildman–Crippen LogP) is -0.185. The van der Waals surface area contributed by atoms with Gasteiger partial charge in [-0.2, -0.15) is 0 Å². The van der Waals surface area contributed by atoms with Crippen LogP contribution in [-0.4, -0.2) is 51.3 Å². The zero-order valence-corrected chi connectivity index (χ0v) is 16.8. The Morgan fingerprint density at radius 1 is 1.27 bits per heavy atom. The Balaban J connectivity index is 3.00. The van der Waals surface area contributed by atoms with E-state index in [9.17, 15) is 24.7 Å². The molecule has 14 heteroatoms. The summed E-state index contributed by atoms with van der Waals surface area (Å²) in [6.07, 6.45) is 4.89. The fourth-order valence-corrected chi connectivity index (χ4v) is 6.10. The van der Waals surface area contributed by atoms with E-state index in [4.69, 9.17) is 9.68 Å². The first-order valence-electron chi connectivity index (χ1n) is 7.90. The molecule has 7 N–H and O–H groups in total. The van der Waals surface area contributed by atoms with E-state index in [1.54, 1.807) is 13.8 Å². The first-order valence-corrected chi connectivity index (χ1v) is 11.0. The maximum atomic E-state index is 10.8. The Morgan fingerprint density at radius 3 is 2.46 bits per heavy atom. The summed E-state index contributed by atoms with van der Waals surface area (Å²) in [6.45, 7) is 4.79. The van der Waals surface area contributed by atoms with Crippen molar-refractivity contribution < 1.29 is 39.3 Å². The third-order valence-corrected chi connectivity index (χ3v) is 8.38. The quantitative estimate of drug-likeness (QED) is 0.129. The number of nitrogens with zero attached hydrogens (tertiary/aromatic N) is 2. The molecule has 1 aromatic heterocycles. The van der Waals surface area contributed by atoms with Crippen molar-refractivity contribution in [1.29, 1.82) is 0 Å². The molecule has 0 aliphatic rings. The van der Waals surface area contributed by atoms with Crippen molar-refractivity contribution in [3.8, 4) is 0 Å². The molecule has 1 aromatic rings. The van der Waals surface area contributed by atoms with Crippen molar-refractivity contribution >= 4 is 16.1 Å². The van der Waals surface area contributed by atoms with E-state index in [2.05, 4.69) is 21.2 Å². The zero-order chi connectivity index (χ0) is 19.8. The van der Waals surface area contributed by atoms with Crippen molar-refractivity contribution in [3.05, 3.63) is 18.7 Å². The summed E-state index contributed by atoms with van der Waals surface area (Å²) in [6, 6.07) is 0. The van der Waals surface area contributed by atoms with Crippen LogP contribution in [0.2, 0.25) is 0 Å². The van der Waals surface area contributed by atoms with Gasteiger partial charge < -0.3 is 0 Å². The zero-order valence-electron chi connectivity index (χ0n) is 14.9. The molecule has 0 saturated carbocycles. The van der Waals surface area contributed by atoms with Gasteiger partial charge in [-0.05, 0) is 0 Å². The number of nitrogens with one attached hydrogen (secondary N) is 2. The Kier molecular flexibility index (Phi) is 9.37. The van der Waals surface area contributed by atoms with Crippen molar-refractivity contribution in [1.82, 2.24) is 20.8 Å². The molecule has 0 fully saturated rings. The molecule has 12 nitrogen and oxygen atoms in total. The van der Waals surface area contributed by atoms with Gasteiger partial charge in [-0.1, -0.05) is 0 Å². The van der Waals surface area contributed by atoms with Gasteiger partial charge in [0.15, 0.2) is 0 Å². The number of aromatic nitrogens is 2. The van der Waals surface area contributed by atoms with Crippen LogP contribution in [0.5, 0.6) is 0 Å². The fraction of sp³-hybridized carbons (Fsp3) is 0.750. The summed E-state index contributed by atoms with van der Waals surface area (Å²) in [7, 11) is -7.94. The van der Waals surface area contributed by atoms with Crippen LogP contribution in [0.4, 0.5) is 0 Å². The van der Waals surface area contributed by atoms with Crippen LogP contribution >= 0.6 is 16.1 Å². The molecule has 0 aromatic carbocycles. The number of aliphatic hydroxyl groups is 1. The molecule has 0 bridgehead atoms. The molecule has 1 heterocycles. The molecule has 0 radical (unpaired) electrons. The van der Waals surface area contributed by atoms with Crippen LogP contribution in [0.25, 0.3) is 0 Å². The Hall–Kier alpha value is -0.330. The van der Waals surface area contributed by atoms with Crippen LogP contribution in [-0.2, 0) is 21.2 Å². The standard InChI is InChI=1S/C12H28N4O8P2/c1-4-6-11(3,23-15-24-14-22-5-2)25(18)12(17,26(19,20)21)9-16-8-7-13-10-16/h7-8,10,14-15,17-21,26H,4-6,9H2,1-3H3/t11?,12?,25-/m1/s1. The van der Waals surface area contributed by atoms with Crippen LogP contribution in [0, 0.1) is 0 Å². The third-order valence-electron chi connectivity index (χ3n) is 3.56. The molecule has 0 saturated heterocycles. The molecule has 0 spiro atoms. The molecule has 0 amide bonds. The van der Waals surface area contributed by atoms with Gasteiger partial charge in [0.1, 0.15) is 0 Å². The van der Waals surface area contributed by atoms with E-state index in [0.29, 0.717) is 13.0 Å². The van der Waals surface area contributed by atoms with Crippen molar-refractivity contribution in [3.63, 3.8) is 0 Å². The summed E-state index contributed by atoms with van der Waals surface area (Å²) < 4.78 is 1.31. The Bertz CT molecular complexity index is 520. The van der Waals surface area contributed by atoms with Gasteiger partial charge >= 0.3 is 152 Å². The maximum absolute atomic E-state index is 10.8. The van der Waals surface area contributed by atoms with E-state index in [-0.39, 0.29) is 6.42 Å². The minimum atomic E-state index is -5.23. The monoisotopic (exact) mass is 418 g/mol. The van der Waals surface area contributed by atoms with E-state index in [1.807, 2.05) is 0 Å². The predicted molar refractivity (Wildman–Crippen MR) is 94.7 cm³/mol. The molecule has 154 valence electrons. The van der Waals surface area contributed by atoms with Gasteiger partial charge in [-0.15, -0.1) is 0 Å². The van der Waals surface area contributed by atoms with Crippen LogP contribution in [0.15, 0.2) is 18.7 Å². The molecule has 0 aliphatic carbocycles. The average Bonchev–Trinajstić information content (AvgIpc) is 3.06. The van der Waals surface area contributed by atoms with E-state index in [0.717, 1.165) is 0 Å². The molecule has 3 atom stereocenters. The van der Waals surface area contributed by atoms with Gasteiger partial charge in [-0.3, -0.25) is 0 Å². The van der Waals surface area contributed by atoms with Crippen molar-refractivity contribution in [2.24, 2.45) is 0 Å². The van der Waals surface area contributed by atoms with Gasteiger partial charge in [0.2, 0.25) is 0 Å². The Labute approximate surface area is 153 Å². The van der Waals surface area contributed by atoms with Crippen LogP contribution in [0.1, 0.15) is 33.6 Å². The molecule has 2 unspecified atom stereocenters. The molecule has 26 heavy (non-hydrogen) atoms. The van der Waals surface area contributed by atoms with Gasteiger partial charge in [0, 0.05) is 0 Å². The summed E-state index contributed by atoms with van der Waals surface area (Å²) in [5, 5.41) is 6.72. The van der Waals surface area contributed by atoms with Gasteiger partial charge in [0.05, 0.1) is 0 Å². The van der Waals surface area contributed by atoms with E-state index >= 15 is 0 Å². The van der Waals surface area contributed by atoms with Gasteiger partial charge in [-0.25, -0.2) is 0 Å². The normalized spacial score (nSPS) is 18.9. The SMILES string of the molecule is CCCC(C)(ONONOCC)[P@@](O)C(O)(Cn1ccnc1)[PH](O)(O)O. The van der Waals surface area contributed by atoms with Crippen LogP contribution in [0.3, 0.4) is 0 Å². The fourth-order valence-electron chi connectivity index (χ4n) is 2.22. The second-order valence-corrected chi connectivity index (χ2v) is 10.6. The second-order valence-electron chi connectivity index (χ2n) is 5.73. The van der Waals surface area contributed by atoms with Crippen molar-refractivity contribution in [2.75, 3.05) is 6.61 Å². The number of imidazole rings is 1. The van der Waals surface area contributed by atoms with E-state index in [1.165, 1.54) is 30.2 Å². The van der Waals surface area contributed by atoms with E-state index < -0.39 is 33.1 Å². The third kappa shape index (κ3) is 6.10. The number of hydrogen-bond donors (Lipinski definition) is 7. The molecule has 1 rings (SSSR count). The van der Waals surface area contributed by atoms with Crippen LogP contribution < -0.4 is 11.3 Å². The number of rotatable bonds is 13. The van der Waals surface area contributed by atoms with Gasteiger partial charge in [0.25, 0.3) is 0 Å². The first kappa shape index (κ1) is 23.7. The summed E-state index contributed by atoms with van der Waals surface area (Å²) >= 11 is 0. The molecule has 0 aliphatic heterocycles.